The summed E-state index contributed by atoms with van der Waals surface area (Å²) in [5.41, 5.74) is 3.17. The molecule has 2 aromatic heterocycles. The lowest BCUT2D eigenvalue weighted by Gasteiger charge is -2.63. The molecule has 18 heteroatoms. The van der Waals surface area contributed by atoms with Crippen molar-refractivity contribution < 1.29 is 23.9 Å². The van der Waals surface area contributed by atoms with Gasteiger partial charge in [0.1, 0.15) is 29.5 Å². The fourth-order valence-electron chi connectivity index (χ4n) is 12.4. The van der Waals surface area contributed by atoms with Gasteiger partial charge in [-0.25, -0.2) is 0 Å². The van der Waals surface area contributed by atoms with Gasteiger partial charge >= 0.3 is 0 Å². The number of nitrogens with one attached hydrogen (secondary N) is 2. The van der Waals surface area contributed by atoms with Gasteiger partial charge in [0.05, 0.1) is 28.2 Å². The van der Waals surface area contributed by atoms with Gasteiger partial charge in [-0.05, 0) is 98.9 Å². The Labute approximate surface area is 423 Å². The molecule has 1 atom stereocenters. The van der Waals surface area contributed by atoms with E-state index in [1.807, 2.05) is 36.5 Å². The molecule has 1 saturated carbocycles. The molecule has 0 radical (unpaired) electrons. The Morgan fingerprint density at radius 3 is 2.26 bits per heavy atom. The van der Waals surface area contributed by atoms with E-state index in [1.165, 1.54) is 0 Å². The fraction of sp³-hybridized carbons (Fsp3) is 0.500. The highest BCUT2D eigenvalue weighted by molar-refractivity contribution is 6.31. The second-order valence-corrected chi connectivity index (χ2v) is 22.1. The van der Waals surface area contributed by atoms with Crippen LogP contribution in [0.1, 0.15) is 107 Å². The number of aromatic nitrogens is 5. The molecule has 1 aliphatic carbocycles. The molecular formula is C54H62ClN11O6. The van der Waals surface area contributed by atoms with Crippen LogP contribution in [0.5, 0.6) is 5.75 Å². The van der Waals surface area contributed by atoms with E-state index in [-0.39, 0.29) is 59.5 Å². The number of benzene rings is 3. The van der Waals surface area contributed by atoms with Crippen molar-refractivity contribution in [2.24, 2.45) is 22.7 Å². The Hall–Kier alpha value is -6.64. The number of rotatable bonds is 11. The van der Waals surface area contributed by atoms with Crippen LogP contribution in [0.3, 0.4) is 0 Å². The maximum Gasteiger partial charge on any atom is 0.278 e. The van der Waals surface area contributed by atoms with Gasteiger partial charge < -0.3 is 24.8 Å². The Morgan fingerprint density at radius 2 is 1.58 bits per heavy atom. The van der Waals surface area contributed by atoms with Gasteiger partial charge in [0, 0.05) is 104 Å². The Bertz CT molecular complexity index is 2980. The number of hydrogen-bond acceptors (Lipinski definition) is 12. The highest BCUT2D eigenvalue weighted by atomic mass is 35.5. The molecule has 0 spiro atoms. The van der Waals surface area contributed by atoms with Gasteiger partial charge in [0.2, 0.25) is 11.8 Å². The third-order valence-corrected chi connectivity index (χ3v) is 16.6. The highest BCUT2D eigenvalue weighted by Gasteiger charge is 2.64. The zero-order valence-corrected chi connectivity index (χ0v) is 42.1. The van der Waals surface area contributed by atoms with Gasteiger partial charge in [-0.1, -0.05) is 56.6 Å². The molecule has 3 aromatic carbocycles. The first-order valence-corrected chi connectivity index (χ1v) is 25.8. The van der Waals surface area contributed by atoms with Crippen LogP contribution >= 0.6 is 11.6 Å². The monoisotopic (exact) mass is 995 g/mol. The van der Waals surface area contributed by atoms with E-state index in [1.54, 1.807) is 30.3 Å². The molecule has 4 saturated heterocycles. The van der Waals surface area contributed by atoms with E-state index >= 15 is 0 Å². The van der Waals surface area contributed by atoms with E-state index in [4.69, 9.17) is 21.4 Å². The molecule has 10 rings (SSSR count). The summed E-state index contributed by atoms with van der Waals surface area (Å²) < 4.78 is 9.59. The molecular weight excluding hydrogens is 934 g/mol. The normalized spacial score (nSPS) is 23.0. The van der Waals surface area contributed by atoms with Gasteiger partial charge in [-0.2, -0.15) is 15.0 Å². The predicted molar refractivity (Wildman–Crippen MR) is 271 cm³/mol. The van der Waals surface area contributed by atoms with Crippen molar-refractivity contribution in [3.05, 3.63) is 99.6 Å². The first-order valence-electron chi connectivity index (χ1n) is 25.4. The van der Waals surface area contributed by atoms with Crippen molar-refractivity contribution in [3.63, 3.8) is 0 Å². The van der Waals surface area contributed by atoms with Crippen molar-refractivity contribution >= 4 is 51.8 Å². The lowest BCUT2D eigenvalue weighted by atomic mass is 9.49. The Morgan fingerprint density at radius 1 is 0.861 bits per heavy atom. The third kappa shape index (κ3) is 9.58. The summed E-state index contributed by atoms with van der Waals surface area (Å²) in [7, 11) is 0. The smallest absolute Gasteiger partial charge is 0.278 e. The number of amides is 4. The molecule has 2 N–H and O–H groups in total. The van der Waals surface area contributed by atoms with Crippen molar-refractivity contribution in [1.82, 2.24) is 45.2 Å². The summed E-state index contributed by atoms with van der Waals surface area (Å²) in [6.07, 6.45) is 9.70. The molecule has 4 amide bonds. The second kappa shape index (κ2) is 19.8. The van der Waals surface area contributed by atoms with Gasteiger partial charge in [0.15, 0.2) is 0 Å². The fourth-order valence-corrected chi connectivity index (χ4v) is 12.6. The molecule has 0 bridgehead atoms. The standard InChI is InChI=1S/C54H62ClN11O6/c1-53(2)51(54(3,4)52(53)72-41-11-9-37(29-56)43(55)28-41)59-47(68)35-7-5-34(6-8-35)38-30-57-65(32-38)39-19-21-62(22-20-39)31-33-15-23-64(24-16-33)49(70)36-17-25-63(26-18-36)40-10-12-44-42(27-40)50(71)66(61-60-44)45-13-14-46(67)58-48(45)69/h5-12,27-28,30,32-33,36,39,45,51-52H,13-26,31H2,1-4H3,(H,59,68)(H,58,67,69). The number of nitriles is 1. The van der Waals surface area contributed by atoms with Gasteiger partial charge in [-0.15, -0.1) is 5.10 Å². The zero-order chi connectivity index (χ0) is 50.5. The largest absolute Gasteiger partial charge is 0.489 e. The van der Waals surface area contributed by atoms with Crippen molar-refractivity contribution in [1.29, 1.82) is 5.26 Å². The molecule has 72 heavy (non-hydrogen) atoms. The van der Waals surface area contributed by atoms with Gasteiger partial charge in [-0.3, -0.25) is 34.0 Å². The first kappa shape index (κ1) is 49.0. The number of hydrogen-bond donors (Lipinski definition) is 2. The number of likely N-dealkylation sites (tertiary alicyclic amines) is 2. The number of nitrogens with zero attached hydrogens (tertiary/aromatic N) is 9. The summed E-state index contributed by atoms with van der Waals surface area (Å²) in [5.74, 6) is 0.337. The molecule has 5 fully saturated rings. The van der Waals surface area contributed by atoms with Gasteiger partial charge in [0.25, 0.3) is 17.4 Å². The van der Waals surface area contributed by atoms with Crippen LogP contribution in [0.15, 0.2) is 77.9 Å². The summed E-state index contributed by atoms with van der Waals surface area (Å²) in [5, 5.41) is 28.5. The maximum atomic E-state index is 13.8. The number of fused-ring (bicyclic) bond motifs is 1. The third-order valence-electron chi connectivity index (χ3n) is 16.3. The first-order chi connectivity index (χ1) is 34.6. The summed E-state index contributed by atoms with van der Waals surface area (Å²) in [6.45, 7) is 14.4. The van der Waals surface area contributed by atoms with Crippen LogP contribution in [0, 0.1) is 34.0 Å². The molecule has 17 nitrogen and oxygen atoms in total. The maximum absolute atomic E-state index is 13.8. The summed E-state index contributed by atoms with van der Waals surface area (Å²) >= 11 is 6.27. The van der Waals surface area contributed by atoms with E-state index < -0.39 is 17.5 Å². The Balaban J connectivity index is 0.651. The van der Waals surface area contributed by atoms with Crippen LogP contribution < -0.4 is 25.8 Å². The zero-order valence-electron chi connectivity index (χ0n) is 41.4. The highest BCUT2D eigenvalue weighted by Crippen LogP contribution is 2.55. The molecule has 376 valence electrons. The van der Waals surface area contributed by atoms with Crippen LogP contribution in [0.4, 0.5) is 5.69 Å². The lowest BCUT2D eigenvalue weighted by Crippen LogP contribution is -2.74. The van der Waals surface area contributed by atoms with Crippen LogP contribution in [0.2, 0.25) is 5.02 Å². The van der Waals surface area contributed by atoms with E-state index in [0.29, 0.717) is 57.9 Å². The number of halogens is 1. The number of piperidine rings is 4. The summed E-state index contributed by atoms with van der Waals surface area (Å²) in [4.78, 5) is 71.8. The molecule has 1 unspecified atom stereocenters. The minimum Gasteiger partial charge on any atom is -0.489 e. The number of ether oxygens (including phenoxy) is 1. The predicted octanol–water partition coefficient (Wildman–Crippen LogP) is 6.56. The minimum atomic E-state index is -0.879. The summed E-state index contributed by atoms with van der Waals surface area (Å²) in [6, 6.07) is 19.7. The Kier molecular flexibility index (Phi) is 13.4. The quantitative estimate of drug-likeness (QED) is 0.135. The molecule has 5 aliphatic rings. The van der Waals surface area contributed by atoms with Crippen LogP contribution in [-0.2, 0) is 14.4 Å². The van der Waals surface area contributed by atoms with Crippen LogP contribution in [0.25, 0.3) is 22.0 Å². The second-order valence-electron chi connectivity index (χ2n) is 21.7. The number of carbonyl (C=O) groups is 4. The average molecular weight is 997 g/mol. The topological polar surface area (TPSA) is 201 Å². The molecule has 6 heterocycles. The molecule has 5 aromatic rings. The van der Waals surface area contributed by atoms with Crippen LogP contribution in [-0.4, -0.2) is 116 Å². The molecule has 4 aliphatic heterocycles. The number of imide groups is 1. The van der Waals surface area contributed by atoms with Crippen molar-refractivity contribution in [2.45, 2.75) is 103 Å². The van der Waals surface area contributed by atoms with Crippen molar-refractivity contribution in [2.75, 3.05) is 50.7 Å². The van der Waals surface area contributed by atoms with Crippen molar-refractivity contribution in [3.8, 4) is 22.9 Å². The lowest BCUT2D eigenvalue weighted by molar-refractivity contribution is -0.164. The number of anilines is 1. The average Bonchev–Trinajstić information content (AvgIpc) is 3.88. The number of carbonyl (C=O) groups excluding carboxylic acids is 4. The minimum absolute atomic E-state index is 0.0282. The van der Waals surface area contributed by atoms with E-state index in [9.17, 15) is 29.2 Å². The van der Waals surface area contributed by atoms with E-state index in [0.717, 1.165) is 92.7 Å². The van der Waals surface area contributed by atoms with E-state index in [2.05, 4.69) is 80.3 Å². The SMILES string of the molecule is CC1(C)C(NC(=O)c2ccc(-c3cnn(C4CCN(CC5CCN(C(=O)C6CCN(c7ccc8nnn(C9CCC(=O)NC9=O)c(=O)c8c7)CC6)CC5)CC4)c3)cc2)C(C)(C)C1Oc1ccc(C#N)c(Cl)c1.